The lowest BCUT2D eigenvalue weighted by molar-refractivity contribution is 0.0860. The van der Waals surface area contributed by atoms with E-state index in [-0.39, 0.29) is 18.2 Å². The van der Waals surface area contributed by atoms with E-state index in [1.165, 1.54) is 18.2 Å². The smallest absolute Gasteiger partial charge is 0.130 e. The lowest BCUT2D eigenvalue weighted by atomic mass is 10.1. The summed E-state index contributed by atoms with van der Waals surface area (Å²) in [6.07, 6.45) is 0. The van der Waals surface area contributed by atoms with Gasteiger partial charge in [-0.1, -0.05) is 6.07 Å². The van der Waals surface area contributed by atoms with Gasteiger partial charge in [0.25, 0.3) is 0 Å². The molecule has 0 aromatic heterocycles. The molecular formula is C13H19F2N3. The third-order valence-corrected chi connectivity index (χ3v) is 3.50. The fourth-order valence-corrected chi connectivity index (χ4v) is 2.37. The summed E-state index contributed by atoms with van der Waals surface area (Å²) in [6, 6.07) is 4.14. The second-order valence-corrected chi connectivity index (χ2v) is 4.82. The van der Waals surface area contributed by atoms with E-state index in [0.29, 0.717) is 6.54 Å². The van der Waals surface area contributed by atoms with E-state index in [1.807, 2.05) is 7.05 Å². The van der Waals surface area contributed by atoms with Gasteiger partial charge < -0.3 is 10.6 Å². The van der Waals surface area contributed by atoms with Crippen LogP contribution in [0.25, 0.3) is 0 Å². The van der Waals surface area contributed by atoms with Crippen LogP contribution in [-0.4, -0.2) is 49.1 Å². The molecule has 1 atom stereocenters. The van der Waals surface area contributed by atoms with Gasteiger partial charge in [0.15, 0.2) is 0 Å². The molecule has 0 aliphatic carbocycles. The fourth-order valence-electron chi connectivity index (χ4n) is 2.37. The number of hydrogen-bond donors (Lipinski definition) is 1. The van der Waals surface area contributed by atoms with Crippen molar-refractivity contribution >= 4 is 0 Å². The standard InChI is InChI=1S/C13H19F2N3/c1-17-5-6-18(10(7-16)8-17)9-11-12(14)3-2-4-13(11)15/h2-4,10H,5-9,16H2,1H3. The van der Waals surface area contributed by atoms with Crippen LogP contribution < -0.4 is 5.73 Å². The summed E-state index contributed by atoms with van der Waals surface area (Å²) in [5.41, 5.74) is 5.87. The molecule has 18 heavy (non-hydrogen) atoms. The largest absolute Gasteiger partial charge is 0.329 e. The van der Waals surface area contributed by atoms with E-state index in [1.54, 1.807) is 0 Å². The Balaban J connectivity index is 2.12. The Morgan fingerprint density at radius 3 is 2.56 bits per heavy atom. The van der Waals surface area contributed by atoms with Gasteiger partial charge in [-0.3, -0.25) is 4.90 Å². The van der Waals surface area contributed by atoms with Crippen molar-refractivity contribution in [3.05, 3.63) is 35.4 Å². The molecule has 100 valence electrons. The molecule has 1 fully saturated rings. The van der Waals surface area contributed by atoms with Gasteiger partial charge in [-0.2, -0.15) is 0 Å². The highest BCUT2D eigenvalue weighted by atomic mass is 19.1. The number of piperazine rings is 1. The zero-order valence-corrected chi connectivity index (χ0v) is 10.6. The van der Waals surface area contributed by atoms with Crippen molar-refractivity contribution in [1.82, 2.24) is 9.80 Å². The molecule has 0 radical (unpaired) electrons. The van der Waals surface area contributed by atoms with Crippen molar-refractivity contribution in [2.45, 2.75) is 12.6 Å². The number of nitrogens with zero attached hydrogens (tertiary/aromatic N) is 2. The molecule has 1 unspecified atom stereocenters. The van der Waals surface area contributed by atoms with Crippen LogP contribution in [0.15, 0.2) is 18.2 Å². The Bertz CT molecular complexity index is 391. The molecule has 1 aromatic carbocycles. The van der Waals surface area contributed by atoms with Crippen LogP contribution in [0.2, 0.25) is 0 Å². The average molecular weight is 255 g/mol. The van der Waals surface area contributed by atoms with Crippen molar-refractivity contribution < 1.29 is 8.78 Å². The van der Waals surface area contributed by atoms with Gasteiger partial charge in [-0.05, 0) is 19.2 Å². The highest BCUT2D eigenvalue weighted by Gasteiger charge is 2.25. The summed E-state index contributed by atoms with van der Waals surface area (Å²) in [5, 5.41) is 0. The molecule has 2 N–H and O–H groups in total. The molecule has 1 aliphatic heterocycles. The Labute approximate surface area is 106 Å². The van der Waals surface area contributed by atoms with Crippen molar-refractivity contribution in [1.29, 1.82) is 0 Å². The normalized spacial score (nSPS) is 22.3. The third kappa shape index (κ3) is 2.85. The predicted octanol–water partition coefficient (Wildman–Crippen LogP) is 1.04. The summed E-state index contributed by atoms with van der Waals surface area (Å²) in [4.78, 5) is 4.24. The highest BCUT2D eigenvalue weighted by molar-refractivity contribution is 5.19. The molecule has 3 nitrogen and oxygen atoms in total. The van der Waals surface area contributed by atoms with Crippen molar-refractivity contribution in [2.75, 3.05) is 33.2 Å². The highest BCUT2D eigenvalue weighted by Crippen LogP contribution is 2.18. The predicted molar refractivity (Wildman–Crippen MR) is 67.1 cm³/mol. The van der Waals surface area contributed by atoms with E-state index < -0.39 is 11.6 Å². The molecular weight excluding hydrogens is 236 g/mol. The monoisotopic (exact) mass is 255 g/mol. The number of likely N-dealkylation sites (N-methyl/N-ethyl adjacent to an activating group) is 1. The number of halogens is 2. The summed E-state index contributed by atoms with van der Waals surface area (Å²) in [7, 11) is 2.03. The van der Waals surface area contributed by atoms with Gasteiger partial charge in [-0.15, -0.1) is 0 Å². The van der Waals surface area contributed by atoms with Crippen LogP contribution >= 0.6 is 0 Å². The van der Waals surface area contributed by atoms with Crippen LogP contribution in [0.1, 0.15) is 5.56 Å². The summed E-state index contributed by atoms with van der Waals surface area (Å²) in [5.74, 6) is -0.964. The van der Waals surface area contributed by atoms with Gasteiger partial charge >= 0.3 is 0 Å². The molecule has 0 spiro atoms. The minimum Gasteiger partial charge on any atom is -0.329 e. The Morgan fingerprint density at radius 1 is 1.28 bits per heavy atom. The van der Waals surface area contributed by atoms with E-state index in [2.05, 4.69) is 9.80 Å². The Kier molecular flexibility index (Phi) is 4.27. The first kappa shape index (κ1) is 13.4. The number of nitrogens with two attached hydrogens (primary N) is 1. The van der Waals surface area contributed by atoms with E-state index >= 15 is 0 Å². The van der Waals surface area contributed by atoms with Crippen LogP contribution in [-0.2, 0) is 6.54 Å². The van der Waals surface area contributed by atoms with Gasteiger partial charge in [-0.25, -0.2) is 8.78 Å². The topological polar surface area (TPSA) is 32.5 Å². The van der Waals surface area contributed by atoms with Crippen molar-refractivity contribution in [3.8, 4) is 0 Å². The SMILES string of the molecule is CN1CCN(Cc2c(F)cccc2F)C(CN)C1. The molecule has 2 rings (SSSR count). The first-order valence-corrected chi connectivity index (χ1v) is 6.17. The number of hydrogen-bond acceptors (Lipinski definition) is 3. The minimum absolute atomic E-state index is 0.139. The quantitative estimate of drug-likeness (QED) is 0.876. The van der Waals surface area contributed by atoms with Gasteiger partial charge in [0.2, 0.25) is 0 Å². The maximum atomic E-state index is 13.6. The molecule has 1 saturated heterocycles. The van der Waals surface area contributed by atoms with Crippen LogP contribution in [0.5, 0.6) is 0 Å². The molecule has 0 amide bonds. The third-order valence-electron chi connectivity index (χ3n) is 3.50. The molecule has 1 aromatic rings. The first-order chi connectivity index (χ1) is 8.61. The molecule has 1 heterocycles. The molecule has 0 saturated carbocycles. The average Bonchev–Trinajstić information content (AvgIpc) is 2.35. The zero-order chi connectivity index (χ0) is 13.1. The Morgan fingerprint density at radius 2 is 1.94 bits per heavy atom. The zero-order valence-electron chi connectivity index (χ0n) is 10.6. The molecule has 5 heteroatoms. The van der Waals surface area contributed by atoms with Gasteiger partial charge in [0.05, 0.1) is 0 Å². The van der Waals surface area contributed by atoms with E-state index in [9.17, 15) is 8.78 Å². The second-order valence-electron chi connectivity index (χ2n) is 4.82. The second kappa shape index (κ2) is 5.73. The van der Waals surface area contributed by atoms with E-state index in [4.69, 9.17) is 5.73 Å². The van der Waals surface area contributed by atoms with Gasteiger partial charge in [0, 0.05) is 44.3 Å². The van der Waals surface area contributed by atoms with Crippen molar-refractivity contribution in [2.24, 2.45) is 5.73 Å². The van der Waals surface area contributed by atoms with Crippen LogP contribution in [0, 0.1) is 11.6 Å². The molecule has 1 aliphatic rings. The molecule has 0 bridgehead atoms. The summed E-state index contributed by atoms with van der Waals surface area (Å²) < 4.78 is 27.2. The first-order valence-electron chi connectivity index (χ1n) is 6.17. The van der Waals surface area contributed by atoms with E-state index in [0.717, 1.165) is 19.6 Å². The fraction of sp³-hybridized carbons (Fsp3) is 0.538. The van der Waals surface area contributed by atoms with Crippen LogP contribution in [0.3, 0.4) is 0 Å². The summed E-state index contributed by atoms with van der Waals surface area (Å²) in [6.45, 7) is 3.31. The number of rotatable bonds is 3. The van der Waals surface area contributed by atoms with Crippen LogP contribution in [0.4, 0.5) is 8.78 Å². The van der Waals surface area contributed by atoms with Crippen molar-refractivity contribution in [3.63, 3.8) is 0 Å². The lowest BCUT2D eigenvalue weighted by Gasteiger charge is -2.39. The maximum Gasteiger partial charge on any atom is 0.130 e. The minimum atomic E-state index is -0.482. The maximum absolute atomic E-state index is 13.6. The van der Waals surface area contributed by atoms with Gasteiger partial charge in [0.1, 0.15) is 11.6 Å². The Hall–Kier alpha value is -1.04. The number of benzene rings is 1. The summed E-state index contributed by atoms with van der Waals surface area (Å²) >= 11 is 0. The lowest BCUT2D eigenvalue weighted by Crippen LogP contribution is -2.54.